The summed E-state index contributed by atoms with van der Waals surface area (Å²) in [6, 6.07) is 22.4. The molecule has 0 spiro atoms. The summed E-state index contributed by atoms with van der Waals surface area (Å²) in [5.74, 6) is -1.01. The Labute approximate surface area is 236 Å². The Bertz CT molecular complexity index is 1750. The summed E-state index contributed by atoms with van der Waals surface area (Å²) in [5, 5.41) is 29.3. The molecule has 0 aliphatic carbocycles. The monoisotopic (exact) mass is 550 g/mol. The molecule has 0 aliphatic heterocycles. The summed E-state index contributed by atoms with van der Waals surface area (Å²) in [5.41, 5.74) is 0.631. The number of benzene rings is 3. The fourth-order valence-electron chi connectivity index (χ4n) is 4.33. The molecule has 0 unspecified atom stereocenters. The Hall–Kier alpha value is -5.56. The molecule has 41 heavy (non-hydrogen) atoms. The van der Waals surface area contributed by atoms with Crippen molar-refractivity contribution in [1.82, 2.24) is 14.7 Å². The van der Waals surface area contributed by atoms with Crippen LogP contribution in [0.4, 0.5) is 17.1 Å². The van der Waals surface area contributed by atoms with Crippen LogP contribution in [-0.2, 0) is 6.54 Å². The van der Waals surface area contributed by atoms with Gasteiger partial charge in [-0.05, 0) is 30.2 Å². The normalized spacial score (nSPS) is 11.3. The van der Waals surface area contributed by atoms with Gasteiger partial charge in [-0.15, -0.1) is 0 Å². The zero-order chi connectivity index (χ0) is 29.7. The predicted octanol–water partition coefficient (Wildman–Crippen LogP) is 4.34. The number of carbonyl (C=O) groups excluding carboxylic acids is 1. The van der Waals surface area contributed by atoms with Gasteiger partial charge in [0.15, 0.2) is 5.75 Å². The Balaban J connectivity index is 1.91. The first kappa shape index (κ1) is 28.4. The van der Waals surface area contributed by atoms with Crippen molar-refractivity contribution in [2.45, 2.75) is 19.5 Å². The number of hydrogen-bond acceptors (Lipinski definition) is 7. The molecule has 1 amide bonds. The van der Waals surface area contributed by atoms with Crippen molar-refractivity contribution in [3.05, 3.63) is 128 Å². The second-order valence-corrected chi connectivity index (χ2v) is 9.76. The molecule has 0 fully saturated rings. The van der Waals surface area contributed by atoms with Crippen molar-refractivity contribution in [2.24, 2.45) is 0 Å². The minimum absolute atomic E-state index is 0.0705. The number of phenolic OH excluding ortho intramolecular Hbond substituents is 1. The van der Waals surface area contributed by atoms with E-state index >= 15 is 0 Å². The van der Waals surface area contributed by atoms with Gasteiger partial charge in [0.2, 0.25) is 0 Å². The fraction of sp³-hybridized carbons (Fsp3) is 0.161. The number of nitriles is 1. The van der Waals surface area contributed by atoms with Crippen LogP contribution in [0.15, 0.2) is 94.5 Å². The van der Waals surface area contributed by atoms with Crippen molar-refractivity contribution in [2.75, 3.05) is 24.7 Å². The fourth-order valence-corrected chi connectivity index (χ4v) is 4.33. The zero-order valence-electron chi connectivity index (χ0n) is 22.9. The third-order valence-corrected chi connectivity index (χ3v) is 6.41. The van der Waals surface area contributed by atoms with Crippen molar-refractivity contribution in [3.63, 3.8) is 0 Å². The molecular formula is C31H30N6O4. The first-order valence-corrected chi connectivity index (χ1v) is 12.7. The largest absolute Gasteiger partial charge is 0.505 e. The molecule has 0 bridgehead atoms. The van der Waals surface area contributed by atoms with Crippen LogP contribution in [0.2, 0.25) is 0 Å². The van der Waals surface area contributed by atoms with Crippen LogP contribution in [0.1, 0.15) is 40.0 Å². The summed E-state index contributed by atoms with van der Waals surface area (Å²) < 4.78 is 1.15. The predicted molar refractivity (Wildman–Crippen MR) is 159 cm³/mol. The SMILES string of the molecule is C=C(C)[C@@H](Nc1c(Nc2cc(C#N)cc(C(=O)N(C)C)c2O)c(=O)n(Cc2ccccc2)[nH]c1=O)c1ccccc1. The number of nitrogens with zero attached hydrogens (tertiary/aromatic N) is 3. The minimum Gasteiger partial charge on any atom is -0.505 e. The van der Waals surface area contributed by atoms with Crippen LogP contribution in [-0.4, -0.2) is 39.8 Å². The number of H-pyrrole nitrogens is 1. The molecule has 4 aromatic rings. The third-order valence-electron chi connectivity index (χ3n) is 6.41. The average Bonchev–Trinajstić information content (AvgIpc) is 2.96. The molecule has 0 saturated heterocycles. The molecule has 1 heterocycles. The van der Waals surface area contributed by atoms with Crippen LogP contribution in [0, 0.1) is 11.3 Å². The summed E-state index contributed by atoms with van der Waals surface area (Å²) >= 11 is 0. The van der Waals surface area contributed by atoms with Crippen molar-refractivity contribution in [1.29, 1.82) is 5.26 Å². The number of anilines is 3. The highest BCUT2D eigenvalue weighted by molar-refractivity contribution is 5.99. The molecular weight excluding hydrogens is 520 g/mol. The molecule has 208 valence electrons. The lowest BCUT2D eigenvalue weighted by atomic mass is 10.0. The highest BCUT2D eigenvalue weighted by Gasteiger charge is 2.24. The Kier molecular flexibility index (Phi) is 8.39. The second-order valence-electron chi connectivity index (χ2n) is 9.76. The van der Waals surface area contributed by atoms with Gasteiger partial charge in [0, 0.05) is 14.1 Å². The maximum Gasteiger partial charge on any atom is 0.291 e. The van der Waals surface area contributed by atoms with Crippen LogP contribution in [0.25, 0.3) is 0 Å². The highest BCUT2D eigenvalue weighted by Crippen LogP contribution is 2.34. The van der Waals surface area contributed by atoms with Gasteiger partial charge in [-0.1, -0.05) is 72.8 Å². The van der Waals surface area contributed by atoms with E-state index in [9.17, 15) is 24.8 Å². The van der Waals surface area contributed by atoms with Gasteiger partial charge in [0.1, 0.15) is 11.4 Å². The summed E-state index contributed by atoms with van der Waals surface area (Å²) in [6.07, 6.45) is 0. The van der Waals surface area contributed by atoms with E-state index in [4.69, 9.17) is 0 Å². The van der Waals surface area contributed by atoms with Crippen molar-refractivity contribution in [3.8, 4) is 11.8 Å². The van der Waals surface area contributed by atoms with Gasteiger partial charge in [0.25, 0.3) is 17.0 Å². The smallest absolute Gasteiger partial charge is 0.291 e. The molecule has 4 N–H and O–H groups in total. The van der Waals surface area contributed by atoms with Gasteiger partial charge in [-0.25, -0.2) is 4.68 Å². The Morgan fingerprint density at radius 3 is 2.29 bits per heavy atom. The number of amides is 1. The van der Waals surface area contributed by atoms with Gasteiger partial charge in [0.05, 0.1) is 35.5 Å². The zero-order valence-corrected chi connectivity index (χ0v) is 22.9. The van der Waals surface area contributed by atoms with E-state index in [1.165, 1.54) is 31.1 Å². The van der Waals surface area contributed by atoms with Gasteiger partial charge in [-0.3, -0.25) is 19.5 Å². The summed E-state index contributed by atoms with van der Waals surface area (Å²) in [6.45, 7) is 5.92. The lowest BCUT2D eigenvalue weighted by Crippen LogP contribution is -2.34. The van der Waals surface area contributed by atoms with E-state index in [1.807, 2.05) is 66.7 Å². The van der Waals surface area contributed by atoms with Crippen LogP contribution in [0.5, 0.6) is 5.75 Å². The number of rotatable bonds is 9. The van der Waals surface area contributed by atoms with Crippen LogP contribution < -0.4 is 21.8 Å². The molecule has 4 rings (SSSR count). The van der Waals surface area contributed by atoms with Crippen molar-refractivity contribution < 1.29 is 9.90 Å². The molecule has 0 saturated carbocycles. The number of aromatic nitrogens is 2. The lowest BCUT2D eigenvalue weighted by molar-refractivity contribution is 0.0824. The topological polar surface area (TPSA) is 143 Å². The summed E-state index contributed by atoms with van der Waals surface area (Å²) in [7, 11) is 3.02. The Morgan fingerprint density at radius 1 is 1.07 bits per heavy atom. The number of nitrogens with one attached hydrogen (secondary N) is 3. The Morgan fingerprint density at radius 2 is 1.71 bits per heavy atom. The number of hydrogen-bond donors (Lipinski definition) is 4. The van der Waals surface area contributed by atoms with Crippen LogP contribution >= 0.6 is 0 Å². The molecule has 10 heteroatoms. The first-order valence-electron chi connectivity index (χ1n) is 12.7. The first-order chi connectivity index (χ1) is 19.6. The van der Waals surface area contributed by atoms with Gasteiger partial charge < -0.3 is 20.6 Å². The van der Waals surface area contributed by atoms with E-state index in [1.54, 1.807) is 6.92 Å². The number of aromatic amines is 1. The average molecular weight is 551 g/mol. The van der Waals surface area contributed by atoms with E-state index < -0.39 is 28.8 Å². The van der Waals surface area contributed by atoms with Gasteiger partial charge >= 0.3 is 0 Å². The molecule has 1 aromatic heterocycles. The molecule has 0 radical (unpaired) electrons. The van der Waals surface area contributed by atoms with E-state index in [-0.39, 0.29) is 34.7 Å². The second kappa shape index (κ2) is 12.1. The highest BCUT2D eigenvalue weighted by atomic mass is 16.3. The molecule has 10 nitrogen and oxygen atoms in total. The van der Waals surface area contributed by atoms with E-state index in [2.05, 4.69) is 22.3 Å². The quantitative estimate of drug-likeness (QED) is 0.179. The third kappa shape index (κ3) is 6.20. The van der Waals surface area contributed by atoms with Crippen LogP contribution in [0.3, 0.4) is 0 Å². The van der Waals surface area contributed by atoms with Crippen molar-refractivity contribution >= 4 is 23.0 Å². The number of carbonyl (C=O) groups is 1. The standard InChI is InChI=1S/C31H30N6O4/c1-19(2)25(22-13-9-6-10-14-22)34-26-27(31(41)37(35-29(26)39)18-20-11-7-5-8-12-20)33-24-16-21(17-32)15-23(28(24)38)30(40)36(3)4/h5-16,25,33-34,38H,1,18H2,2-4H3,(H,35,39)/t25-/m1/s1. The molecule has 1 atom stereocenters. The van der Waals surface area contributed by atoms with E-state index in [0.29, 0.717) is 5.57 Å². The maximum atomic E-state index is 13.9. The molecule has 0 aliphatic rings. The minimum atomic E-state index is -0.606. The maximum absolute atomic E-state index is 13.9. The number of aromatic hydroxyl groups is 1. The van der Waals surface area contributed by atoms with E-state index in [0.717, 1.165) is 15.8 Å². The summed E-state index contributed by atoms with van der Waals surface area (Å²) in [4.78, 5) is 41.4. The number of phenols is 1. The van der Waals surface area contributed by atoms with Gasteiger partial charge in [-0.2, -0.15) is 5.26 Å². The lowest BCUT2D eigenvalue weighted by Gasteiger charge is -2.23. The molecule has 3 aromatic carbocycles.